The van der Waals surface area contributed by atoms with E-state index in [0.29, 0.717) is 0 Å². The first-order valence-electron chi connectivity index (χ1n) is 9.61. The van der Waals surface area contributed by atoms with E-state index in [4.69, 9.17) is 0 Å². The van der Waals surface area contributed by atoms with Gasteiger partial charge in [-0.15, -0.1) is 0 Å². The van der Waals surface area contributed by atoms with Crippen LogP contribution in [0.2, 0.25) is 0 Å². The van der Waals surface area contributed by atoms with Crippen molar-refractivity contribution in [1.29, 1.82) is 0 Å². The van der Waals surface area contributed by atoms with Crippen LogP contribution in [0.15, 0.2) is 30.3 Å². The first kappa shape index (κ1) is 17.3. The highest BCUT2D eigenvalue weighted by Crippen LogP contribution is 2.32. The van der Waals surface area contributed by atoms with Crippen molar-refractivity contribution in [3.05, 3.63) is 41.5 Å². The fourth-order valence-corrected chi connectivity index (χ4v) is 3.55. The molecular formula is C22H34. The van der Waals surface area contributed by atoms with E-state index >= 15 is 0 Å². The molecule has 0 amide bonds. The van der Waals surface area contributed by atoms with Crippen molar-refractivity contribution in [3.63, 3.8) is 0 Å². The van der Waals surface area contributed by atoms with Crippen LogP contribution in [-0.4, -0.2) is 0 Å². The zero-order valence-electron chi connectivity index (χ0n) is 14.7. The lowest BCUT2D eigenvalue weighted by Crippen LogP contribution is -2.05. The lowest BCUT2D eigenvalue weighted by atomic mass is 9.84. The summed E-state index contributed by atoms with van der Waals surface area (Å²) in [7, 11) is 0. The van der Waals surface area contributed by atoms with Crippen LogP contribution in [0, 0.1) is 5.92 Å². The molecule has 1 atom stereocenters. The van der Waals surface area contributed by atoms with Gasteiger partial charge < -0.3 is 0 Å². The van der Waals surface area contributed by atoms with Gasteiger partial charge in [0.05, 0.1) is 0 Å². The first-order valence-corrected chi connectivity index (χ1v) is 9.61. The van der Waals surface area contributed by atoms with Crippen molar-refractivity contribution >= 4 is 5.57 Å². The van der Waals surface area contributed by atoms with Gasteiger partial charge in [0.1, 0.15) is 0 Å². The Kier molecular flexibility index (Phi) is 7.77. The second-order valence-corrected chi connectivity index (χ2v) is 7.02. The second kappa shape index (κ2) is 9.87. The van der Waals surface area contributed by atoms with Crippen LogP contribution >= 0.6 is 0 Å². The molecule has 122 valence electrons. The molecule has 0 heterocycles. The highest BCUT2D eigenvalue weighted by molar-refractivity contribution is 5.66. The first-order chi connectivity index (χ1) is 10.8. The zero-order valence-corrected chi connectivity index (χ0v) is 14.7. The summed E-state index contributed by atoms with van der Waals surface area (Å²) < 4.78 is 0. The van der Waals surface area contributed by atoms with E-state index in [1.807, 2.05) is 0 Å². The van der Waals surface area contributed by atoms with Crippen molar-refractivity contribution in [2.24, 2.45) is 5.92 Å². The maximum Gasteiger partial charge on any atom is -0.0228 e. The Labute approximate surface area is 138 Å². The molecule has 0 heteroatoms. The van der Waals surface area contributed by atoms with Crippen molar-refractivity contribution < 1.29 is 0 Å². The van der Waals surface area contributed by atoms with Gasteiger partial charge in [-0.05, 0) is 54.7 Å². The van der Waals surface area contributed by atoms with Crippen molar-refractivity contribution in [2.45, 2.75) is 84.5 Å². The molecule has 1 aliphatic carbocycles. The quantitative estimate of drug-likeness (QED) is 0.423. The van der Waals surface area contributed by atoms with Crippen LogP contribution in [0.5, 0.6) is 0 Å². The molecule has 1 unspecified atom stereocenters. The molecule has 0 radical (unpaired) electrons. The molecule has 0 bridgehead atoms. The molecule has 0 saturated heterocycles. The highest BCUT2D eigenvalue weighted by Gasteiger charge is 2.14. The number of hydrogen-bond donors (Lipinski definition) is 0. The average molecular weight is 299 g/mol. The fraction of sp³-hybridized carbons (Fsp3) is 0.636. The molecule has 0 spiro atoms. The van der Waals surface area contributed by atoms with Crippen molar-refractivity contribution in [1.82, 2.24) is 0 Å². The third-order valence-electron chi connectivity index (χ3n) is 5.13. The molecule has 1 aromatic carbocycles. The van der Waals surface area contributed by atoms with E-state index in [0.717, 1.165) is 5.92 Å². The fourth-order valence-electron chi connectivity index (χ4n) is 3.55. The molecular weight excluding hydrogens is 264 g/mol. The third kappa shape index (κ3) is 5.63. The third-order valence-corrected chi connectivity index (χ3v) is 5.13. The number of aryl methyl sites for hydroxylation is 1. The van der Waals surface area contributed by atoms with Gasteiger partial charge >= 0.3 is 0 Å². The Hall–Kier alpha value is -1.04. The summed E-state index contributed by atoms with van der Waals surface area (Å²) >= 11 is 0. The van der Waals surface area contributed by atoms with E-state index < -0.39 is 0 Å². The van der Waals surface area contributed by atoms with E-state index in [2.05, 4.69) is 44.2 Å². The maximum absolute atomic E-state index is 2.51. The highest BCUT2D eigenvalue weighted by atomic mass is 14.2. The largest absolute Gasteiger partial charge is 0.0804 e. The molecule has 1 aromatic rings. The van der Waals surface area contributed by atoms with Crippen molar-refractivity contribution in [3.8, 4) is 0 Å². The standard InChI is InChI=1S/C22H34/c1-3-5-7-8-10-20-13-17-22(18-14-20)21-15-11-19(12-16-21)9-6-4-2/h13-15,17-19H,3-12,16H2,1-2H3. The minimum Gasteiger partial charge on any atom is -0.0804 e. The molecule has 0 nitrogen and oxygen atoms in total. The SMILES string of the molecule is CCCCCCc1ccc(C2=CCC(CCCC)CC2)cc1. The molecule has 0 fully saturated rings. The lowest BCUT2D eigenvalue weighted by Gasteiger charge is -2.22. The van der Waals surface area contributed by atoms with E-state index in [9.17, 15) is 0 Å². The second-order valence-electron chi connectivity index (χ2n) is 7.02. The van der Waals surface area contributed by atoms with E-state index in [1.165, 1.54) is 81.8 Å². The Balaban J connectivity index is 1.82. The number of allylic oxidation sites excluding steroid dienone is 2. The predicted octanol–water partition coefficient (Wildman–Crippen LogP) is 7.18. The van der Waals surface area contributed by atoms with Gasteiger partial charge in [-0.25, -0.2) is 0 Å². The maximum atomic E-state index is 2.51. The summed E-state index contributed by atoms with van der Waals surface area (Å²) in [5, 5.41) is 0. The van der Waals surface area contributed by atoms with Crippen LogP contribution in [0.3, 0.4) is 0 Å². The number of hydrogen-bond acceptors (Lipinski definition) is 0. The minimum absolute atomic E-state index is 0.946. The van der Waals surface area contributed by atoms with Crippen molar-refractivity contribution in [2.75, 3.05) is 0 Å². The minimum atomic E-state index is 0.946. The summed E-state index contributed by atoms with van der Waals surface area (Å²) in [6.45, 7) is 4.58. The molecule has 0 N–H and O–H groups in total. The smallest absolute Gasteiger partial charge is 0.0228 e. The number of rotatable bonds is 9. The molecule has 0 saturated carbocycles. The topological polar surface area (TPSA) is 0 Å². The van der Waals surface area contributed by atoms with Crippen LogP contribution in [0.4, 0.5) is 0 Å². The van der Waals surface area contributed by atoms with Gasteiger partial charge in [0.15, 0.2) is 0 Å². The normalized spacial score (nSPS) is 18.3. The average Bonchev–Trinajstić information content (AvgIpc) is 2.58. The molecule has 1 aliphatic rings. The predicted molar refractivity (Wildman–Crippen MR) is 99.1 cm³/mol. The molecule has 2 rings (SSSR count). The lowest BCUT2D eigenvalue weighted by molar-refractivity contribution is 0.434. The van der Waals surface area contributed by atoms with Gasteiger partial charge in [-0.2, -0.15) is 0 Å². The van der Waals surface area contributed by atoms with Crippen LogP contribution in [0.25, 0.3) is 5.57 Å². The number of unbranched alkanes of at least 4 members (excludes halogenated alkanes) is 4. The summed E-state index contributed by atoms with van der Waals surface area (Å²) in [5.74, 6) is 0.946. The Morgan fingerprint density at radius 2 is 1.68 bits per heavy atom. The van der Waals surface area contributed by atoms with E-state index in [-0.39, 0.29) is 0 Å². The molecule has 22 heavy (non-hydrogen) atoms. The summed E-state index contributed by atoms with van der Waals surface area (Å²) in [6.07, 6.45) is 17.3. The van der Waals surface area contributed by atoms with Gasteiger partial charge in [0.2, 0.25) is 0 Å². The zero-order chi connectivity index (χ0) is 15.6. The van der Waals surface area contributed by atoms with Gasteiger partial charge in [-0.1, -0.05) is 82.7 Å². The van der Waals surface area contributed by atoms with Crippen LogP contribution in [-0.2, 0) is 6.42 Å². The summed E-state index contributed by atoms with van der Waals surface area (Å²) in [6, 6.07) is 9.41. The summed E-state index contributed by atoms with van der Waals surface area (Å²) in [4.78, 5) is 0. The monoisotopic (exact) mass is 298 g/mol. The molecule has 0 aromatic heterocycles. The Morgan fingerprint density at radius 3 is 2.32 bits per heavy atom. The van der Waals surface area contributed by atoms with Gasteiger partial charge in [-0.3, -0.25) is 0 Å². The van der Waals surface area contributed by atoms with Crippen LogP contribution < -0.4 is 0 Å². The van der Waals surface area contributed by atoms with Crippen LogP contribution in [0.1, 0.15) is 89.2 Å². The Bertz CT molecular complexity index is 438. The summed E-state index contributed by atoms with van der Waals surface area (Å²) in [5.41, 5.74) is 4.56. The van der Waals surface area contributed by atoms with Gasteiger partial charge in [0.25, 0.3) is 0 Å². The van der Waals surface area contributed by atoms with Gasteiger partial charge in [0, 0.05) is 0 Å². The Morgan fingerprint density at radius 1 is 0.909 bits per heavy atom. The molecule has 0 aliphatic heterocycles. The van der Waals surface area contributed by atoms with E-state index in [1.54, 1.807) is 5.57 Å². The number of benzene rings is 1.